The highest BCUT2D eigenvalue weighted by Gasteiger charge is 2.27. The number of esters is 1. The van der Waals surface area contributed by atoms with E-state index in [4.69, 9.17) is 30.5 Å². The van der Waals surface area contributed by atoms with Crippen molar-refractivity contribution in [2.75, 3.05) is 20.8 Å². The fourth-order valence-corrected chi connectivity index (χ4v) is 7.07. The number of rotatable bonds is 12. The summed E-state index contributed by atoms with van der Waals surface area (Å²) in [7, 11) is 3.00. The highest BCUT2D eigenvalue weighted by Crippen LogP contribution is 2.38. The summed E-state index contributed by atoms with van der Waals surface area (Å²) in [6, 6.07) is 24.2. The Morgan fingerprint density at radius 2 is 1.75 bits per heavy atom. The average Bonchev–Trinajstić information content (AvgIpc) is 3.38. The van der Waals surface area contributed by atoms with E-state index >= 15 is 0 Å². The van der Waals surface area contributed by atoms with Gasteiger partial charge in [0.2, 0.25) is 0 Å². The first-order valence-corrected chi connectivity index (χ1v) is 17.6. The smallest absolute Gasteiger partial charge is 0.407 e. The van der Waals surface area contributed by atoms with Gasteiger partial charge in [-0.15, -0.1) is 11.8 Å². The average molecular weight is 754 g/mol. The number of carbonyl (C=O) groups is 2. The van der Waals surface area contributed by atoms with E-state index in [1.807, 2.05) is 34.9 Å². The number of aryl methyl sites for hydroxylation is 1. The van der Waals surface area contributed by atoms with Gasteiger partial charge in [-0.3, -0.25) is 0 Å². The molecule has 1 aromatic heterocycles. The molecule has 252 valence electrons. The first-order chi connectivity index (χ1) is 23.0. The van der Waals surface area contributed by atoms with Crippen LogP contribution in [0.1, 0.15) is 48.8 Å². The Labute approximate surface area is 298 Å². The molecular weight excluding hydrogens is 716 g/mol. The van der Waals surface area contributed by atoms with Gasteiger partial charge in [0, 0.05) is 44.5 Å². The minimum Gasteiger partial charge on any atom is -0.497 e. The first kappa shape index (κ1) is 35.4. The fraction of sp³-hybridized carbons (Fsp3) is 0.297. The van der Waals surface area contributed by atoms with Crippen molar-refractivity contribution in [1.29, 1.82) is 0 Å². The van der Waals surface area contributed by atoms with Crippen molar-refractivity contribution in [3.63, 3.8) is 0 Å². The molecule has 5 aromatic rings. The second kappa shape index (κ2) is 15.6. The van der Waals surface area contributed by atoms with Gasteiger partial charge in [0.15, 0.2) is 0 Å². The summed E-state index contributed by atoms with van der Waals surface area (Å²) in [5, 5.41) is 6.11. The fourth-order valence-electron chi connectivity index (χ4n) is 5.41. The van der Waals surface area contributed by atoms with Gasteiger partial charge in [-0.1, -0.05) is 48.0 Å². The van der Waals surface area contributed by atoms with Gasteiger partial charge >= 0.3 is 12.1 Å². The summed E-state index contributed by atoms with van der Waals surface area (Å²) in [4.78, 5) is 26.9. The molecule has 11 heteroatoms. The number of nitrogens with one attached hydrogen (secondary N) is 1. The molecule has 0 saturated carbocycles. The Morgan fingerprint density at radius 3 is 2.46 bits per heavy atom. The second-order valence-corrected chi connectivity index (χ2v) is 14.3. The predicted octanol–water partition coefficient (Wildman–Crippen LogP) is 9.79. The number of methoxy groups -OCH3 is 2. The molecule has 0 unspecified atom stereocenters. The van der Waals surface area contributed by atoms with Crippen molar-refractivity contribution in [3.8, 4) is 11.5 Å². The van der Waals surface area contributed by atoms with Gasteiger partial charge in [0.25, 0.3) is 0 Å². The van der Waals surface area contributed by atoms with Crippen LogP contribution in [0.4, 0.5) is 4.79 Å². The van der Waals surface area contributed by atoms with Crippen LogP contribution in [0, 0.1) is 0 Å². The SMILES string of the molecule is COC(=O)c1c(CNC(=O)OC(C)(C)C)c2c(Br)c(Cl)ccc2n1CCCOc1cc(SCc2ccc(OC)cc2)cc2ccccc12. The number of nitrogens with zero attached hydrogens (tertiary/aromatic N) is 1. The molecule has 0 bridgehead atoms. The van der Waals surface area contributed by atoms with Crippen LogP contribution in [0.3, 0.4) is 0 Å². The van der Waals surface area contributed by atoms with Crippen LogP contribution >= 0.6 is 39.3 Å². The number of alkyl carbamates (subject to hydrolysis) is 1. The predicted molar refractivity (Wildman–Crippen MR) is 196 cm³/mol. The number of hydrogen-bond acceptors (Lipinski definition) is 7. The van der Waals surface area contributed by atoms with Gasteiger partial charge < -0.3 is 28.8 Å². The largest absolute Gasteiger partial charge is 0.497 e. The molecule has 0 spiro atoms. The lowest BCUT2D eigenvalue weighted by Gasteiger charge is -2.19. The number of hydrogen-bond donors (Lipinski definition) is 1. The quantitative estimate of drug-likeness (QED) is 0.0771. The summed E-state index contributed by atoms with van der Waals surface area (Å²) in [5.41, 5.74) is 2.20. The minimum absolute atomic E-state index is 0.0330. The molecule has 1 heterocycles. The maximum Gasteiger partial charge on any atom is 0.407 e. The van der Waals surface area contributed by atoms with E-state index < -0.39 is 17.7 Å². The third-order valence-electron chi connectivity index (χ3n) is 7.55. The van der Waals surface area contributed by atoms with Crippen molar-refractivity contribution < 1.29 is 28.5 Å². The van der Waals surface area contributed by atoms with Crippen molar-refractivity contribution in [2.24, 2.45) is 0 Å². The van der Waals surface area contributed by atoms with Gasteiger partial charge in [-0.05, 0) is 90.5 Å². The van der Waals surface area contributed by atoms with E-state index in [0.717, 1.165) is 38.4 Å². The van der Waals surface area contributed by atoms with Gasteiger partial charge in [-0.25, -0.2) is 9.59 Å². The number of aromatic nitrogens is 1. The van der Waals surface area contributed by atoms with Crippen LogP contribution in [0.2, 0.25) is 5.02 Å². The Morgan fingerprint density at radius 1 is 1.00 bits per heavy atom. The zero-order valence-corrected chi connectivity index (χ0v) is 30.7. The summed E-state index contributed by atoms with van der Waals surface area (Å²) in [6.45, 7) is 6.25. The Kier molecular flexibility index (Phi) is 11.5. The highest BCUT2D eigenvalue weighted by atomic mass is 79.9. The Bertz CT molecular complexity index is 1940. The van der Waals surface area contributed by atoms with E-state index in [0.29, 0.717) is 45.7 Å². The third kappa shape index (κ3) is 8.40. The number of ether oxygens (including phenoxy) is 4. The maximum atomic E-state index is 13.3. The lowest BCUT2D eigenvalue weighted by molar-refractivity contribution is 0.0517. The monoisotopic (exact) mass is 752 g/mol. The molecule has 0 saturated heterocycles. The van der Waals surface area contributed by atoms with Crippen LogP contribution in [0.25, 0.3) is 21.7 Å². The third-order valence-corrected chi connectivity index (χ3v) is 9.97. The number of thioether (sulfide) groups is 1. The van der Waals surface area contributed by atoms with Crippen LogP contribution < -0.4 is 14.8 Å². The molecule has 0 aliphatic heterocycles. The Hall–Kier alpha value is -3.86. The molecule has 5 rings (SSSR count). The summed E-state index contributed by atoms with van der Waals surface area (Å²) in [6.07, 6.45) is -0.00722. The summed E-state index contributed by atoms with van der Waals surface area (Å²) in [5.74, 6) is 1.92. The number of carbonyl (C=O) groups excluding carboxylic acids is 2. The van der Waals surface area contributed by atoms with Crippen LogP contribution in [0.5, 0.6) is 11.5 Å². The van der Waals surface area contributed by atoms with Crippen LogP contribution in [0.15, 0.2) is 82.2 Å². The molecule has 48 heavy (non-hydrogen) atoms. The molecule has 0 aliphatic carbocycles. The number of fused-ring (bicyclic) bond motifs is 2. The lowest BCUT2D eigenvalue weighted by Crippen LogP contribution is -2.32. The van der Waals surface area contributed by atoms with E-state index in [-0.39, 0.29) is 6.54 Å². The van der Waals surface area contributed by atoms with Crippen molar-refractivity contribution in [2.45, 2.75) is 56.5 Å². The highest BCUT2D eigenvalue weighted by molar-refractivity contribution is 9.10. The zero-order chi connectivity index (χ0) is 34.4. The molecule has 1 amide bonds. The van der Waals surface area contributed by atoms with Crippen molar-refractivity contribution in [1.82, 2.24) is 9.88 Å². The van der Waals surface area contributed by atoms with E-state index in [1.165, 1.54) is 12.7 Å². The summed E-state index contributed by atoms with van der Waals surface area (Å²) < 4.78 is 24.9. The Balaban J connectivity index is 1.37. The van der Waals surface area contributed by atoms with Crippen LogP contribution in [-0.4, -0.2) is 43.1 Å². The summed E-state index contributed by atoms with van der Waals surface area (Å²) >= 11 is 11.9. The normalized spacial score (nSPS) is 11.5. The van der Waals surface area contributed by atoms with Crippen molar-refractivity contribution in [3.05, 3.63) is 99.1 Å². The molecule has 0 fully saturated rings. The molecule has 0 atom stereocenters. The first-order valence-electron chi connectivity index (χ1n) is 15.4. The van der Waals surface area contributed by atoms with Gasteiger partial charge in [0.1, 0.15) is 22.8 Å². The number of benzene rings is 4. The van der Waals surface area contributed by atoms with E-state index in [2.05, 4.69) is 57.6 Å². The van der Waals surface area contributed by atoms with E-state index in [1.54, 1.807) is 45.7 Å². The van der Waals surface area contributed by atoms with Crippen molar-refractivity contribution >= 4 is 73.0 Å². The second-order valence-electron chi connectivity index (χ2n) is 12.1. The number of halogens is 2. The van der Waals surface area contributed by atoms with Crippen LogP contribution in [-0.2, 0) is 28.3 Å². The zero-order valence-electron chi connectivity index (χ0n) is 27.5. The molecule has 0 aliphatic rings. The maximum absolute atomic E-state index is 13.3. The molecule has 8 nitrogen and oxygen atoms in total. The minimum atomic E-state index is -0.673. The standard InChI is InChI=1S/C37H38BrClN2O6S/c1-37(2,3)47-36(43)40-21-28-32-30(16-15-29(39)33(32)38)41(34(28)35(42)45-5)17-8-18-46-31-20-26(19-24-9-6-7-10-27(24)31)48-22-23-11-13-25(44-4)14-12-23/h6-7,9-16,19-20H,8,17-18,21-22H2,1-5H3,(H,40,43). The molecular formula is C37H38BrClN2O6S. The van der Waals surface area contributed by atoms with E-state index in [9.17, 15) is 9.59 Å². The van der Waals surface area contributed by atoms with Gasteiger partial charge in [0.05, 0.1) is 31.4 Å². The molecule has 4 aromatic carbocycles. The topological polar surface area (TPSA) is 88.0 Å². The lowest BCUT2D eigenvalue weighted by atomic mass is 10.1. The van der Waals surface area contributed by atoms with Gasteiger partial charge in [-0.2, -0.15) is 0 Å². The molecule has 0 radical (unpaired) electrons. The molecule has 1 N–H and O–H groups in total. The number of amides is 1.